The van der Waals surface area contributed by atoms with E-state index in [2.05, 4.69) is 0 Å². The van der Waals surface area contributed by atoms with Gasteiger partial charge < -0.3 is 10.6 Å². The van der Waals surface area contributed by atoms with Crippen LogP contribution in [0.25, 0.3) is 0 Å². The van der Waals surface area contributed by atoms with E-state index >= 15 is 0 Å². The van der Waals surface area contributed by atoms with Crippen LogP contribution in [0.5, 0.6) is 0 Å². The molecule has 1 rings (SSSR count). The minimum Gasteiger partial charge on any atom is -0.345 e. The predicted octanol–water partition coefficient (Wildman–Crippen LogP) is 2.55. The average Bonchev–Trinajstić information content (AvgIpc) is 2.34. The number of rotatable bonds is 4. The normalized spacial score (nSPS) is 26.0. The molecule has 1 saturated carbocycles. The van der Waals surface area contributed by atoms with Gasteiger partial charge in [0, 0.05) is 25.6 Å². The van der Waals surface area contributed by atoms with Gasteiger partial charge in [-0.3, -0.25) is 4.79 Å². The molecular weight excluding hydrogens is 257 g/mol. The summed E-state index contributed by atoms with van der Waals surface area (Å²) in [5, 5.41) is 0. The maximum Gasteiger partial charge on any atom is 0.391 e. The molecule has 0 aromatic rings. The highest BCUT2D eigenvalue weighted by Gasteiger charge is 2.43. The number of carbonyl (C=O) groups is 1. The van der Waals surface area contributed by atoms with E-state index < -0.39 is 18.0 Å². The molecule has 0 radical (unpaired) electrons. The van der Waals surface area contributed by atoms with Crippen molar-refractivity contribution in [1.29, 1.82) is 0 Å². The molecule has 3 nitrogen and oxygen atoms in total. The van der Waals surface area contributed by atoms with Crippen molar-refractivity contribution in [2.45, 2.75) is 51.2 Å². The molecule has 0 spiro atoms. The monoisotopic (exact) mass is 280 g/mol. The number of nitrogens with zero attached hydrogens (tertiary/aromatic N) is 1. The minimum absolute atomic E-state index is 0.00969. The van der Waals surface area contributed by atoms with Crippen molar-refractivity contribution in [3.63, 3.8) is 0 Å². The molecule has 19 heavy (non-hydrogen) atoms. The first-order valence-corrected chi connectivity index (χ1v) is 6.79. The fraction of sp³-hybridized carbons (Fsp3) is 0.923. The minimum atomic E-state index is -4.18. The summed E-state index contributed by atoms with van der Waals surface area (Å²) in [6, 6.07) is -0.00969. The Kier molecular flexibility index (Phi) is 5.64. The Balaban J connectivity index is 2.52. The number of alkyl halides is 3. The van der Waals surface area contributed by atoms with E-state index in [9.17, 15) is 18.0 Å². The lowest BCUT2D eigenvalue weighted by Crippen LogP contribution is -2.39. The Morgan fingerprint density at radius 2 is 2.05 bits per heavy atom. The second kappa shape index (κ2) is 6.59. The van der Waals surface area contributed by atoms with Gasteiger partial charge in [-0.15, -0.1) is 0 Å². The molecule has 0 aliphatic heterocycles. The third-order valence-corrected chi connectivity index (χ3v) is 3.78. The molecule has 0 saturated heterocycles. The van der Waals surface area contributed by atoms with Gasteiger partial charge in [0.15, 0.2) is 0 Å². The second-order valence-electron chi connectivity index (χ2n) is 5.63. The van der Waals surface area contributed by atoms with Crippen molar-refractivity contribution >= 4 is 5.91 Å². The number of amides is 1. The summed E-state index contributed by atoms with van der Waals surface area (Å²) in [7, 11) is 1.64. The van der Waals surface area contributed by atoms with Crippen LogP contribution < -0.4 is 5.73 Å². The van der Waals surface area contributed by atoms with Gasteiger partial charge in [-0.25, -0.2) is 0 Å². The van der Waals surface area contributed by atoms with Crippen molar-refractivity contribution in [2.24, 2.45) is 17.6 Å². The molecule has 1 amide bonds. The zero-order chi connectivity index (χ0) is 14.6. The molecule has 0 aromatic heterocycles. The molecule has 0 heterocycles. The lowest BCUT2D eigenvalue weighted by molar-refractivity contribution is -0.187. The van der Waals surface area contributed by atoms with Crippen molar-refractivity contribution in [3.8, 4) is 0 Å². The Labute approximate surface area is 112 Å². The highest BCUT2D eigenvalue weighted by Crippen LogP contribution is 2.40. The van der Waals surface area contributed by atoms with Crippen LogP contribution in [-0.2, 0) is 4.79 Å². The third-order valence-electron chi connectivity index (χ3n) is 3.78. The number of nitrogens with two attached hydrogens (primary N) is 1. The van der Waals surface area contributed by atoms with E-state index in [1.54, 1.807) is 7.05 Å². The van der Waals surface area contributed by atoms with Gasteiger partial charge in [0.2, 0.25) is 5.91 Å². The first-order chi connectivity index (χ1) is 8.71. The molecular formula is C13H23F3N2O. The van der Waals surface area contributed by atoms with Crippen LogP contribution in [-0.4, -0.2) is 36.6 Å². The van der Waals surface area contributed by atoms with E-state index in [1.165, 1.54) is 4.90 Å². The largest absolute Gasteiger partial charge is 0.391 e. The first kappa shape index (κ1) is 16.3. The average molecular weight is 280 g/mol. The predicted molar refractivity (Wildman–Crippen MR) is 67.4 cm³/mol. The van der Waals surface area contributed by atoms with Crippen molar-refractivity contribution in [3.05, 3.63) is 0 Å². The summed E-state index contributed by atoms with van der Waals surface area (Å²) in [5.74, 6) is -1.98. The molecule has 2 N–H and O–H groups in total. The van der Waals surface area contributed by atoms with Crippen molar-refractivity contribution < 1.29 is 18.0 Å². The fourth-order valence-electron chi connectivity index (χ4n) is 2.53. The molecule has 3 unspecified atom stereocenters. The van der Waals surface area contributed by atoms with Crippen molar-refractivity contribution in [2.75, 3.05) is 13.6 Å². The summed E-state index contributed by atoms with van der Waals surface area (Å²) >= 11 is 0. The molecule has 1 aliphatic rings. The summed E-state index contributed by atoms with van der Waals surface area (Å²) < 4.78 is 38.1. The zero-order valence-corrected chi connectivity index (χ0v) is 11.5. The second-order valence-corrected chi connectivity index (χ2v) is 5.63. The van der Waals surface area contributed by atoms with Gasteiger partial charge in [0.05, 0.1) is 5.92 Å². The van der Waals surface area contributed by atoms with Crippen LogP contribution in [0, 0.1) is 11.8 Å². The Hall–Kier alpha value is -0.780. The molecule has 1 aliphatic carbocycles. The van der Waals surface area contributed by atoms with Gasteiger partial charge >= 0.3 is 6.18 Å². The number of carbonyl (C=O) groups excluding carboxylic acids is 1. The molecule has 1 fully saturated rings. The first-order valence-electron chi connectivity index (χ1n) is 6.79. The van der Waals surface area contributed by atoms with Gasteiger partial charge in [0.1, 0.15) is 0 Å². The van der Waals surface area contributed by atoms with E-state index in [0.717, 1.165) is 0 Å². The Morgan fingerprint density at radius 1 is 1.42 bits per heavy atom. The standard InChI is InChI=1S/C13H23F3N2O/c1-9(17)6-7-18(2)12(19)10-4-3-5-11(8-10)13(14,15)16/h9-11H,3-8,17H2,1-2H3. The van der Waals surface area contributed by atoms with Crippen LogP contribution >= 0.6 is 0 Å². The van der Waals surface area contributed by atoms with E-state index in [0.29, 0.717) is 25.8 Å². The Morgan fingerprint density at radius 3 is 2.58 bits per heavy atom. The van der Waals surface area contributed by atoms with Gasteiger partial charge in [-0.1, -0.05) is 6.42 Å². The lowest BCUT2D eigenvalue weighted by Gasteiger charge is -2.32. The maximum absolute atomic E-state index is 12.7. The highest BCUT2D eigenvalue weighted by atomic mass is 19.4. The Bertz CT molecular complexity index is 305. The highest BCUT2D eigenvalue weighted by molar-refractivity contribution is 5.78. The van der Waals surface area contributed by atoms with E-state index in [1.807, 2.05) is 6.92 Å². The van der Waals surface area contributed by atoms with Crippen LogP contribution in [0.3, 0.4) is 0 Å². The lowest BCUT2D eigenvalue weighted by atomic mass is 9.80. The van der Waals surface area contributed by atoms with Crippen LogP contribution in [0.1, 0.15) is 39.0 Å². The van der Waals surface area contributed by atoms with E-state index in [-0.39, 0.29) is 24.8 Å². The maximum atomic E-state index is 12.7. The zero-order valence-electron chi connectivity index (χ0n) is 11.5. The number of hydrogen-bond acceptors (Lipinski definition) is 2. The van der Waals surface area contributed by atoms with Crippen LogP contribution in [0.15, 0.2) is 0 Å². The van der Waals surface area contributed by atoms with Gasteiger partial charge in [-0.2, -0.15) is 13.2 Å². The summed E-state index contributed by atoms with van der Waals surface area (Å²) in [6.45, 7) is 2.35. The summed E-state index contributed by atoms with van der Waals surface area (Å²) in [4.78, 5) is 13.6. The van der Waals surface area contributed by atoms with Crippen molar-refractivity contribution in [1.82, 2.24) is 4.90 Å². The van der Waals surface area contributed by atoms with Gasteiger partial charge in [-0.05, 0) is 32.6 Å². The molecule has 0 aromatic carbocycles. The molecule has 112 valence electrons. The number of halogens is 3. The topological polar surface area (TPSA) is 46.3 Å². The third kappa shape index (κ3) is 5.01. The van der Waals surface area contributed by atoms with Crippen LogP contribution in [0.4, 0.5) is 13.2 Å². The van der Waals surface area contributed by atoms with E-state index in [4.69, 9.17) is 5.73 Å². The SMILES string of the molecule is CC(N)CCN(C)C(=O)C1CCCC(C(F)(F)F)C1. The summed E-state index contributed by atoms with van der Waals surface area (Å²) in [6.07, 6.45) is -2.39. The molecule has 6 heteroatoms. The van der Waals surface area contributed by atoms with Crippen LogP contribution in [0.2, 0.25) is 0 Å². The summed E-state index contributed by atoms with van der Waals surface area (Å²) in [5.41, 5.74) is 5.61. The number of hydrogen-bond donors (Lipinski definition) is 1. The smallest absolute Gasteiger partial charge is 0.345 e. The van der Waals surface area contributed by atoms with Gasteiger partial charge in [0.25, 0.3) is 0 Å². The molecule has 0 bridgehead atoms. The quantitative estimate of drug-likeness (QED) is 0.860. The molecule has 3 atom stereocenters. The fourth-order valence-corrected chi connectivity index (χ4v) is 2.53.